The summed E-state index contributed by atoms with van der Waals surface area (Å²) < 4.78 is 0. The zero-order chi connectivity index (χ0) is 10.8. The van der Waals surface area contributed by atoms with Gasteiger partial charge in [-0.15, -0.1) is 0 Å². The summed E-state index contributed by atoms with van der Waals surface area (Å²) in [6.07, 6.45) is 5.89. The average Bonchev–Trinajstić information content (AvgIpc) is 2.16. The molecular weight excluding hydrogens is 172 g/mol. The van der Waals surface area contributed by atoms with Crippen LogP contribution in [0.15, 0.2) is 0 Å². The molecule has 0 fully saturated rings. The van der Waals surface area contributed by atoms with Gasteiger partial charge in [-0.05, 0) is 26.8 Å². The first-order valence-corrected chi connectivity index (χ1v) is 5.83. The van der Waals surface area contributed by atoms with Crippen LogP contribution in [-0.4, -0.2) is 24.0 Å². The maximum atomic E-state index is 8.53. The lowest BCUT2D eigenvalue weighted by molar-refractivity contribution is 0.221. The van der Waals surface area contributed by atoms with E-state index in [1.165, 1.54) is 25.7 Å². The molecule has 0 bridgehead atoms. The molecule has 0 aliphatic carbocycles. The Morgan fingerprint density at radius 3 is 2.36 bits per heavy atom. The van der Waals surface area contributed by atoms with Crippen LogP contribution in [0.5, 0.6) is 0 Å². The second-order valence-corrected chi connectivity index (χ2v) is 4.10. The van der Waals surface area contributed by atoms with Crippen molar-refractivity contribution < 1.29 is 0 Å². The number of hydrogen-bond acceptors (Lipinski definition) is 2. The van der Waals surface area contributed by atoms with E-state index in [2.05, 4.69) is 31.7 Å². The molecule has 0 rings (SSSR count). The topological polar surface area (TPSA) is 27.0 Å². The second kappa shape index (κ2) is 9.02. The Morgan fingerprint density at radius 1 is 1.14 bits per heavy atom. The van der Waals surface area contributed by atoms with Gasteiger partial charge in [-0.25, -0.2) is 0 Å². The fraction of sp³-hybridized carbons (Fsp3) is 0.917. The molecule has 0 aliphatic rings. The smallest absolute Gasteiger partial charge is 0.0635 e. The number of nitrogens with zero attached hydrogens (tertiary/aromatic N) is 2. The van der Waals surface area contributed by atoms with E-state index in [1.807, 2.05) is 0 Å². The standard InChI is InChI=1S/C12H24N2/c1-4-5-6-7-10-14(12(2)3)11-8-9-13/h12H,4-8,10-11H2,1-3H3. The van der Waals surface area contributed by atoms with Gasteiger partial charge in [0.2, 0.25) is 0 Å². The van der Waals surface area contributed by atoms with Crippen LogP contribution in [0.2, 0.25) is 0 Å². The van der Waals surface area contributed by atoms with E-state index in [-0.39, 0.29) is 0 Å². The Labute approximate surface area is 88.9 Å². The quantitative estimate of drug-likeness (QED) is 0.557. The summed E-state index contributed by atoms with van der Waals surface area (Å²) in [6.45, 7) is 8.73. The monoisotopic (exact) mass is 196 g/mol. The van der Waals surface area contributed by atoms with E-state index in [9.17, 15) is 0 Å². The number of hydrogen-bond donors (Lipinski definition) is 0. The van der Waals surface area contributed by atoms with Gasteiger partial charge in [0.15, 0.2) is 0 Å². The van der Waals surface area contributed by atoms with Gasteiger partial charge in [0, 0.05) is 19.0 Å². The van der Waals surface area contributed by atoms with E-state index >= 15 is 0 Å². The zero-order valence-electron chi connectivity index (χ0n) is 9.92. The van der Waals surface area contributed by atoms with Gasteiger partial charge in [-0.1, -0.05) is 26.2 Å². The molecule has 0 unspecified atom stereocenters. The summed E-state index contributed by atoms with van der Waals surface area (Å²) in [5.41, 5.74) is 0. The third-order valence-electron chi connectivity index (χ3n) is 2.54. The van der Waals surface area contributed by atoms with E-state index in [1.54, 1.807) is 0 Å². The minimum atomic E-state index is 0.574. The molecular formula is C12H24N2. The van der Waals surface area contributed by atoms with Gasteiger partial charge >= 0.3 is 0 Å². The second-order valence-electron chi connectivity index (χ2n) is 4.10. The molecule has 0 saturated carbocycles. The maximum Gasteiger partial charge on any atom is 0.0635 e. The van der Waals surface area contributed by atoms with Gasteiger partial charge in [-0.2, -0.15) is 5.26 Å². The van der Waals surface area contributed by atoms with Crippen LogP contribution in [0.4, 0.5) is 0 Å². The van der Waals surface area contributed by atoms with E-state index in [4.69, 9.17) is 5.26 Å². The predicted octanol–water partition coefficient (Wildman–Crippen LogP) is 3.19. The molecule has 0 radical (unpaired) electrons. The van der Waals surface area contributed by atoms with Crippen molar-refractivity contribution in [2.75, 3.05) is 13.1 Å². The van der Waals surface area contributed by atoms with Crippen molar-refractivity contribution in [3.8, 4) is 6.07 Å². The summed E-state index contributed by atoms with van der Waals surface area (Å²) in [4.78, 5) is 2.40. The molecule has 0 aliphatic heterocycles. The molecule has 0 saturated heterocycles. The van der Waals surface area contributed by atoms with Crippen LogP contribution in [0.1, 0.15) is 52.9 Å². The molecule has 2 nitrogen and oxygen atoms in total. The summed E-state index contributed by atoms with van der Waals surface area (Å²) in [7, 11) is 0. The molecule has 0 aromatic heterocycles. The minimum Gasteiger partial charge on any atom is -0.300 e. The summed E-state index contributed by atoms with van der Waals surface area (Å²) in [5, 5.41) is 8.53. The van der Waals surface area contributed by atoms with Gasteiger partial charge in [0.25, 0.3) is 0 Å². The first kappa shape index (κ1) is 13.4. The van der Waals surface area contributed by atoms with Crippen molar-refractivity contribution in [2.45, 2.75) is 58.9 Å². The zero-order valence-corrected chi connectivity index (χ0v) is 9.92. The highest BCUT2D eigenvalue weighted by atomic mass is 15.1. The van der Waals surface area contributed by atoms with Gasteiger partial charge < -0.3 is 0 Å². The third kappa shape index (κ3) is 6.91. The van der Waals surface area contributed by atoms with Gasteiger partial charge in [0.05, 0.1) is 6.07 Å². The Balaban J connectivity index is 3.58. The maximum absolute atomic E-state index is 8.53. The average molecular weight is 196 g/mol. The lowest BCUT2D eigenvalue weighted by Crippen LogP contribution is -2.32. The molecule has 0 aromatic rings. The van der Waals surface area contributed by atoms with Crippen molar-refractivity contribution in [1.82, 2.24) is 4.90 Å². The molecule has 2 heteroatoms. The highest BCUT2D eigenvalue weighted by molar-refractivity contribution is 4.73. The van der Waals surface area contributed by atoms with Crippen LogP contribution in [-0.2, 0) is 0 Å². The number of nitriles is 1. The van der Waals surface area contributed by atoms with Gasteiger partial charge in [-0.3, -0.25) is 4.90 Å². The first-order chi connectivity index (χ1) is 6.72. The van der Waals surface area contributed by atoms with E-state index < -0.39 is 0 Å². The molecule has 0 N–H and O–H groups in total. The van der Waals surface area contributed by atoms with Crippen LogP contribution in [0.3, 0.4) is 0 Å². The number of rotatable bonds is 8. The first-order valence-electron chi connectivity index (χ1n) is 5.83. The predicted molar refractivity (Wildman–Crippen MR) is 61.1 cm³/mol. The molecule has 0 spiro atoms. The summed E-state index contributed by atoms with van der Waals surface area (Å²) in [6, 6.07) is 2.79. The summed E-state index contributed by atoms with van der Waals surface area (Å²) in [5.74, 6) is 0. The number of unbranched alkanes of at least 4 members (excludes halogenated alkanes) is 3. The van der Waals surface area contributed by atoms with Crippen LogP contribution < -0.4 is 0 Å². The normalized spacial score (nSPS) is 10.9. The fourth-order valence-corrected chi connectivity index (χ4v) is 1.56. The van der Waals surface area contributed by atoms with Crippen molar-refractivity contribution in [3.63, 3.8) is 0 Å². The largest absolute Gasteiger partial charge is 0.300 e. The van der Waals surface area contributed by atoms with Crippen LogP contribution >= 0.6 is 0 Å². The van der Waals surface area contributed by atoms with E-state index in [0.29, 0.717) is 12.5 Å². The third-order valence-corrected chi connectivity index (χ3v) is 2.54. The summed E-state index contributed by atoms with van der Waals surface area (Å²) >= 11 is 0. The lowest BCUT2D eigenvalue weighted by atomic mass is 10.2. The van der Waals surface area contributed by atoms with Gasteiger partial charge in [0.1, 0.15) is 0 Å². The molecule has 82 valence electrons. The molecule has 0 heterocycles. The Morgan fingerprint density at radius 2 is 1.86 bits per heavy atom. The van der Waals surface area contributed by atoms with E-state index in [0.717, 1.165) is 13.1 Å². The molecule has 14 heavy (non-hydrogen) atoms. The molecule has 0 aromatic carbocycles. The van der Waals surface area contributed by atoms with Crippen molar-refractivity contribution in [3.05, 3.63) is 0 Å². The molecule has 0 amide bonds. The Hall–Kier alpha value is -0.550. The Bertz CT molecular complexity index is 158. The van der Waals surface area contributed by atoms with Crippen molar-refractivity contribution >= 4 is 0 Å². The van der Waals surface area contributed by atoms with Crippen LogP contribution in [0, 0.1) is 11.3 Å². The van der Waals surface area contributed by atoms with Crippen molar-refractivity contribution in [2.24, 2.45) is 0 Å². The SMILES string of the molecule is CCCCCCN(CCC#N)C(C)C. The Kier molecular flexibility index (Phi) is 8.67. The highest BCUT2D eigenvalue weighted by Crippen LogP contribution is 2.05. The fourth-order valence-electron chi connectivity index (χ4n) is 1.56. The lowest BCUT2D eigenvalue weighted by Gasteiger charge is -2.25. The highest BCUT2D eigenvalue weighted by Gasteiger charge is 2.07. The van der Waals surface area contributed by atoms with Crippen LogP contribution in [0.25, 0.3) is 0 Å². The molecule has 0 atom stereocenters. The minimum absolute atomic E-state index is 0.574. The van der Waals surface area contributed by atoms with Crippen molar-refractivity contribution in [1.29, 1.82) is 5.26 Å².